The molecule has 1 fully saturated rings. The van der Waals surface area contributed by atoms with E-state index in [1.807, 2.05) is 18.2 Å². The molecule has 3 heteroatoms. The fourth-order valence-corrected chi connectivity index (χ4v) is 1.92. The highest BCUT2D eigenvalue weighted by Gasteiger charge is 2.22. The van der Waals surface area contributed by atoms with Crippen molar-refractivity contribution in [3.63, 3.8) is 0 Å². The topological polar surface area (TPSA) is 38.3 Å². The van der Waals surface area contributed by atoms with Crippen LogP contribution in [0.4, 0.5) is 0 Å². The molecule has 1 atom stereocenters. The van der Waals surface area contributed by atoms with Crippen LogP contribution >= 0.6 is 0 Å². The molecule has 1 N–H and O–H groups in total. The summed E-state index contributed by atoms with van der Waals surface area (Å²) in [6.45, 7) is 3.57. The molecule has 0 bridgehead atoms. The van der Waals surface area contributed by atoms with Gasteiger partial charge in [-0.25, -0.2) is 0 Å². The fraction of sp³-hybridized carbons (Fsp3) is 0.462. The molecule has 1 aliphatic heterocycles. The molecule has 86 valence electrons. The van der Waals surface area contributed by atoms with Crippen molar-refractivity contribution in [1.82, 2.24) is 5.32 Å². The van der Waals surface area contributed by atoms with E-state index in [0.29, 0.717) is 12.3 Å². The lowest BCUT2D eigenvalue weighted by molar-refractivity contribution is -0.119. The van der Waals surface area contributed by atoms with E-state index in [1.165, 1.54) is 5.56 Å². The second-order valence-corrected chi connectivity index (χ2v) is 4.13. The third-order valence-corrected chi connectivity index (χ3v) is 2.78. The molecule has 0 aliphatic carbocycles. The molecular weight excluding hydrogens is 202 g/mol. The molecule has 1 aliphatic rings. The Balaban J connectivity index is 2.06. The van der Waals surface area contributed by atoms with E-state index >= 15 is 0 Å². The molecule has 1 amide bonds. The minimum absolute atomic E-state index is 0.143. The van der Waals surface area contributed by atoms with Gasteiger partial charge in [0.25, 0.3) is 0 Å². The molecular formula is C13H17NO2. The van der Waals surface area contributed by atoms with Crippen molar-refractivity contribution < 1.29 is 9.53 Å². The second-order valence-electron chi connectivity index (χ2n) is 4.13. The van der Waals surface area contributed by atoms with Gasteiger partial charge >= 0.3 is 0 Å². The Morgan fingerprint density at radius 2 is 2.38 bits per heavy atom. The lowest BCUT2D eigenvalue weighted by Crippen LogP contribution is -2.13. The first kappa shape index (κ1) is 11.0. The van der Waals surface area contributed by atoms with Gasteiger partial charge in [0.1, 0.15) is 5.75 Å². The van der Waals surface area contributed by atoms with E-state index in [9.17, 15) is 4.79 Å². The van der Waals surface area contributed by atoms with Gasteiger partial charge in [-0.15, -0.1) is 0 Å². The molecule has 0 spiro atoms. The molecule has 16 heavy (non-hydrogen) atoms. The number of ether oxygens (including phenoxy) is 1. The summed E-state index contributed by atoms with van der Waals surface area (Å²) < 4.78 is 5.58. The fourth-order valence-electron chi connectivity index (χ4n) is 1.92. The molecule has 1 aromatic rings. The second kappa shape index (κ2) is 5.01. The van der Waals surface area contributed by atoms with Gasteiger partial charge in [-0.1, -0.05) is 19.1 Å². The first-order valence-electron chi connectivity index (χ1n) is 5.79. The van der Waals surface area contributed by atoms with Crippen LogP contribution in [0.15, 0.2) is 24.3 Å². The molecule has 0 saturated carbocycles. The van der Waals surface area contributed by atoms with Crippen LogP contribution in [0.1, 0.15) is 31.2 Å². The molecule has 1 aromatic carbocycles. The number of rotatable bonds is 4. The van der Waals surface area contributed by atoms with E-state index in [0.717, 1.165) is 25.3 Å². The molecule has 0 aromatic heterocycles. The third-order valence-electron chi connectivity index (χ3n) is 2.78. The average Bonchev–Trinajstić information content (AvgIpc) is 2.74. The first-order valence-corrected chi connectivity index (χ1v) is 5.79. The molecule has 0 radical (unpaired) electrons. The van der Waals surface area contributed by atoms with Crippen LogP contribution < -0.4 is 10.1 Å². The van der Waals surface area contributed by atoms with Crippen LogP contribution in [-0.2, 0) is 4.79 Å². The van der Waals surface area contributed by atoms with Crippen molar-refractivity contribution in [2.24, 2.45) is 0 Å². The van der Waals surface area contributed by atoms with Crippen molar-refractivity contribution in [2.45, 2.75) is 25.7 Å². The van der Waals surface area contributed by atoms with Crippen LogP contribution in [0.5, 0.6) is 5.75 Å². The smallest absolute Gasteiger partial charge is 0.220 e. The summed E-state index contributed by atoms with van der Waals surface area (Å²) >= 11 is 0. The SMILES string of the molecule is CCCOc1cccc(C2CNC(=O)C2)c1. The minimum atomic E-state index is 0.143. The van der Waals surface area contributed by atoms with Gasteiger partial charge in [-0.2, -0.15) is 0 Å². The number of hydrogen-bond donors (Lipinski definition) is 1. The zero-order chi connectivity index (χ0) is 11.4. The summed E-state index contributed by atoms with van der Waals surface area (Å²) in [5, 5.41) is 2.85. The molecule has 1 heterocycles. The van der Waals surface area contributed by atoms with Gasteiger partial charge in [0, 0.05) is 18.9 Å². The molecule has 2 rings (SSSR count). The van der Waals surface area contributed by atoms with Crippen molar-refractivity contribution in [2.75, 3.05) is 13.2 Å². The third kappa shape index (κ3) is 2.54. The first-order chi connectivity index (χ1) is 7.79. The minimum Gasteiger partial charge on any atom is -0.494 e. The van der Waals surface area contributed by atoms with Gasteiger partial charge in [-0.05, 0) is 24.1 Å². The number of nitrogens with one attached hydrogen (secondary N) is 1. The van der Waals surface area contributed by atoms with Gasteiger partial charge in [0.15, 0.2) is 0 Å². The lowest BCUT2D eigenvalue weighted by atomic mass is 9.98. The molecule has 1 saturated heterocycles. The van der Waals surface area contributed by atoms with E-state index < -0.39 is 0 Å². The van der Waals surface area contributed by atoms with Crippen LogP contribution in [0.2, 0.25) is 0 Å². The van der Waals surface area contributed by atoms with Gasteiger partial charge in [-0.3, -0.25) is 4.79 Å². The quantitative estimate of drug-likeness (QED) is 0.842. The highest BCUT2D eigenvalue weighted by molar-refractivity contribution is 5.79. The highest BCUT2D eigenvalue weighted by atomic mass is 16.5. The maximum absolute atomic E-state index is 11.1. The normalized spacial score (nSPS) is 19.6. The predicted molar refractivity (Wildman–Crippen MR) is 62.6 cm³/mol. The maximum Gasteiger partial charge on any atom is 0.220 e. The largest absolute Gasteiger partial charge is 0.494 e. The Labute approximate surface area is 95.8 Å². The van der Waals surface area contributed by atoms with Crippen molar-refractivity contribution in [1.29, 1.82) is 0 Å². The van der Waals surface area contributed by atoms with Crippen LogP contribution in [-0.4, -0.2) is 19.1 Å². The zero-order valence-corrected chi connectivity index (χ0v) is 9.53. The van der Waals surface area contributed by atoms with Crippen LogP contribution in [0, 0.1) is 0 Å². The van der Waals surface area contributed by atoms with Gasteiger partial charge in [0.2, 0.25) is 5.91 Å². The Morgan fingerprint density at radius 1 is 1.50 bits per heavy atom. The number of amides is 1. The molecule has 1 unspecified atom stereocenters. The summed E-state index contributed by atoms with van der Waals surface area (Å²) in [4.78, 5) is 11.1. The van der Waals surface area contributed by atoms with Crippen molar-refractivity contribution in [3.8, 4) is 5.75 Å². The highest BCUT2D eigenvalue weighted by Crippen LogP contribution is 2.26. The summed E-state index contributed by atoms with van der Waals surface area (Å²) in [7, 11) is 0. The Bertz CT molecular complexity index is 376. The van der Waals surface area contributed by atoms with Crippen molar-refractivity contribution >= 4 is 5.91 Å². The zero-order valence-electron chi connectivity index (χ0n) is 9.53. The summed E-state index contributed by atoms with van der Waals surface area (Å²) in [6.07, 6.45) is 1.60. The Morgan fingerprint density at radius 3 is 3.06 bits per heavy atom. The number of benzene rings is 1. The number of carbonyl (C=O) groups excluding carboxylic acids is 1. The summed E-state index contributed by atoms with van der Waals surface area (Å²) in [5.41, 5.74) is 1.19. The summed E-state index contributed by atoms with van der Waals surface area (Å²) in [6, 6.07) is 8.05. The van der Waals surface area contributed by atoms with Crippen LogP contribution in [0.3, 0.4) is 0 Å². The van der Waals surface area contributed by atoms with E-state index in [1.54, 1.807) is 0 Å². The van der Waals surface area contributed by atoms with E-state index in [2.05, 4.69) is 18.3 Å². The van der Waals surface area contributed by atoms with E-state index in [-0.39, 0.29) is 5.91 Å². The lowest BCUT2D eigenvalue weighted by Gasteiger charge is -2.10. The van der Waals surface area contributed by atoms with Crippen LogP contribution in [0.25, 0.3) is 0 Å². The summed E-state index contributed by atoms with van der Waals surface area (Å²) in [5.74, 6) is 1.35. The Hall–Kier alpha value is -1.51. The van der Waals surface area contributed by atoms with Crippen molar-refractivity contribution in [3.05, 3.63) is 29.8 Å². The van der Waals surface area contributed by atoms with Gasteiger partial charge in [0.05, 0.1) is 6.61 Å². The molecule has 3 nitrogen and oxygen atoms in total. The standard InChI is InChI=1S/C13H17NO2/c1-2-6-16-12-5-3-4-10(7-12)11-8-13(15)14-9-11/h3-5,7,11H,2,6,8-9H2,1H3,(H,14,15). The average molecular weight is 219 g/mol. The monoisotopic (exact) mass is 219 g/mol. The Kier molecular flexibility index (Phi) is 3.44. The van der Waals surface area contributed by atoms with E-state index in [4.69, 9.17) is 4.74 Å². The number of hydrogen-bond acceptors (Lipinski definition) is 2. The predicted octanol–water partition coefficient (Wildman–Crippen LogP) is 2.08. The number of carbonyl (C=O) groups is 1. The van der Waals surface area contributed by atoms with Gasteiger partial charge < -0.3 is 10.1 Å². The maximum atomic E-state index is 11.1.